The number of nitrogens with one attached hydrogen (secondary N) is 2. The highest BCUT2D eigenvalue weighted by Crippen LogP contribution is 2.37. The number of hydrogen-bond acceptors (Lipinski definition) is 5. The molecule has 2 aromatic carbocycles. The number of nitrogens with zero attached hydrogens (tertiary/aromatic N) is 3. The van der Waals surface area contributed by atoms with E-state index in [1.54, 1.807) is 24.1 Å². The lowest BCUT2D eigenvalue weighted by molar-refractivity contribution is -0.137. The van der Waals surface area contributed by atoms with Gasteiger partial charge in [-0.1, -0.05) is 17.7 Å². The van der Waals surface area contributed by atoms with Gasteiger partial charge in [-0.25, -0.2) is 0 Å². The molecule has 0 atom stereocenters. The molecular weight excluding hydrogens is 499 g/mol. The Hall–Kier alpha value is -3.57. The third-order valence-electron chi connectivity index (χ3n) is 5.66. The van der Waals surface area contributed by atoms with Gasteiger partial charge in [0.05, 0.1) is 22.5 Å². The van der Waals surface area contributed by atoms with Crippen molar-refractivity contribution in [2.75, 3.05) is 38.1 Å². The number of piperazine rings is 1. The van der Waals surface area contributed by atoms with Gasteiger partial charge in [0.25, 0.3) is 11.8 Å². The van der Waals surface area contributed by atoms with Crippen molar-refractivity contribution in [3.63, 3.8) is 0 Å². The molecule has 3 aromatic rings. The lowest BCUT2D eigenvalue weighted by Crippen LogP contribution is -2.47. The molecule has 0 radical (unpaired) electrons. The molecular formula is C24H23ClF3N5O3. The van der Waals surface area contributed by atoms with Gasteiger partial charge in [0.2, 0.25) is 0 Å². The molecule has 4 rings (SSSR count). The molecule has 8 nitrogen and oxygen atoms in total. The van der Waals surface area contributed by atoms with Gasteiger partial charge < -0.3 is 20.3 Å². The average molecular weight is 522 g/mol. The van der Waals surface area contributed by atoms with Crippen LogP contribution in [0, 0.1) is 0 Å². The highest BCUT2D eigenvalue weighted by Gasteiger charge is 2.31. The minimum atomic E-state index is -4.57. The van der Waals surface area contributed by atoms with Gasteiger partial charge in [-0.2, -0.15) is 18.3 Å². The van der Waals surface area contributed by atoms with E-state index < -0.39 is 17.6 Å². The van der Waals surface area contributed by atoms with Crippen molar-refractivity contribution in [1.29, 1.82) is 0 Å². The van der Waals surface area contributed by atoms with Gasteiger partial charge in [-0.05, 0) is 36.4 Å². The second-order valence-electron chi connectivity index (χ2n) is 8.13. The number of aromatic nitrogens is 2. The van der Waals surface area contributed by atoms with Crippen molar-refractivity contribution in [3.05, 3.63) is 64.8 Å². The number of amides is 2. The van der Waals surface area contributed by atoms with Gasteiger partial charge in [0.1, 0.15) is 5.75 Å². The Morgan fingerprint density at radius 3 is 2.58 bits per heavy atom. The summed E-state index contributed by atoms with van der Waals surface area (Å²) < 4.78 is 46.5. The monoisotopic (exact) mass is 521 g/mol. The van der Waals surface area contributed by atoms with Crippen molar-refractivity contribution in [2.45, 2.75) is 6.18 Å². The lowest BCUT2D eigenvalue weighted by Gasteiger charge is -2.27. The number of aryl methyl sites for hydroxylation is 1. The molecule has 2 amide bonds. The summed E-state index contributed by atoms with van der Waals surface area (Å²) in [6.07, 6.45) is -3.12. The van der Waals surface area contributed by atoms with Gasteiger partial charge in [0, 0.05) is 50.0 Å². The van der Waals surface area contributed by atoms with Gasteiger partial charge in [0.15, 0.2) is 6.61 Å². The highest BCUT2D eigenvalue weighted by molar-refractivity contribution is 6.33. The van der Waals surface area contributed by atoms with Crippen LogP contribution in [-0.2, 0) is 18.0 Å². The van der Waals surface area contributed by atoms with Crippen LogP contribution in [0.3, 0.4) is 0 Å². The van der Waals surface area contributed by atoms with E-state index in [4.69, 9.17) is 16.3 Å². The Bertz CT molecular complexity index is 1250. The zero-order chi connectivity index (χ0) is 25.9. The van der Waals surface area contributed by atoms with Gasteiger partial charge >= 0.3 is 6.18 Å². The first kappa shape index (κ1) is 25.5. The predicted molar refractivity (Wildman–Crippen MR) is 128 cm³/mol. The number of alkyl halides is 3. The normalized spacial score (nSPS) is 14.0. The number of anilines is 1. The summed E-state index contributed by atoms with van der Waals surface area (Å²) in [6, 6.07) is 8.81. The molecule has 1 aliphatic rings. The summed E-state index contributed by atoms with van der Waals surface area (Å²) in [4.78, 5) is 27.0. The molecule has 2 heterocycles. The molecule has 0 aliphatic carbocycles. The Balaban J connectivity index is 1.58. The fraction of sp³-hybridized carbons (Fsp3) is 0.292. The standard InChI is InChI=1S/C24H23ClF3N5O3/c1-32-22(19(25)13-30-32)18-12-17(31-23(35)15-3-2-4-16(11-15)24(26,27)28)5-6-20(18)36-14-21(34)33-9-7-29-8-10-33/h2-6,11-13,29H,7-10,14H2,1H3,(H,31,35). The molecule has 36 heavy (non-hydrogen) atoms. The number of rotatable bonds is 6. The first-order chi connectivity index (χ1) is 17.1. The van der Waals surface area contributed by atoms with Crippen LogP contribution < -0.4 is 15.4 Å². The number of halogens is 4. The summed E-state index contributed by atoms with van der Waals surface area (Å²) in [5, 5.41) is 10.2. The molecule has 1 aliphatic heterocycles. The second kappa shape index (κ2) is 10.6. The molecule has 190 valence electrons. The Morgan fingerprint density at radius 2 is 1.92 bits per heavy atom. The molecule has 1 fully saturated rings. The maximum Gasteiger partial charge on any atom is 0.416 e. The molecule has 12 heteroatoms. The van der Waals surface area contributed by atoms with E-state index in [9.17, 15) is 22.8 Å². The summed E-state index contributed by atoms with van der Waals surface area (Å²) in [6.45, 7) is 2.40. The van der Waals surface area contributed by atoms with Crippen molar-refractivity contribution in [1.82, 2.24) is 20.0 Å². The van der Waals surface area contributed by atoms with Crippen molar-refractivity contribution in [2.24, 2.45) is 7.05 Å². The Morgan fingerprint density at radius 1 is 1.17 bits per heavy atom. The molecule has 0 unspecified atom stereocenters. The minimum absolute atomic E-state index is 0.146. The van der Waals surface area contributed by atoms with E-state index in [0.29, 0.717) is 53.9 Å². The topological polar surface area (TPSA) is 88.5 Å². The summed E-state index contributed by atoms with van der Waals surface area (Å²) in [5.74, 6) is -0.549. The number of ether oxygens (including phenoxy) is 1. The predicted octanol–water partition coefficient (Wildman–Crippen LogP) is 3.82. The minimum Gasteiger partial charge on any atom is -0.483 e. The Kier molecular flexibility index (Phi) is 7.51. The van der Waals surface area contributed by atoms with E-state index in [0.717, 1.165) is 12.1 Å². The van der Waals surface area contributed by atoms with Crippen molar-refractivity contribution >= 4 is 29.1 Å². The zero-order valence-electron chi connectivity index (χ0n) is 19.2. The van der Waals surface area contributed by atoms with Gasteiger partial charge in [-0.15, -0.1) is 0 Å². The fourth-order valence-corrected chi connectivity index (χ4v) is 4.09. The number of hydrogen-bond donors (Lipinski definition) is 2. The van der Waals surface area contributed by atoms with Crippen LogP contribution in [0.4, 0.5) is 18.9 Å². The third kappa shape index (κ3) is 5.80. The molecule has 1 aromatic heterocycles. The van der Waals surface area contributed by atoms with E-state index in [2.05, 4.69) is 15.7 Å². The van der Waals surface area contributed by atoms with Crippen LogP contribution in [0.15, 0.2) is 48.7 Å². The summed E-state index contributed by atoms with van der Waals surface area (Å²) in [7, 11) is 1.67. The third-order valence-corrected chi connectivity index (χ3v) is 5.94. The molecule has 0 spiro atoms. The summed E-state index contributed by atoms with van der Waals surface area (Å²) in [5.41, 5.74) is 0.166. The zero-order valence-corrected chi connectivity index (χ0v) is 20.0. The van der Waals surface area contributed by atoms with Crippen molar-refractivity contribution in [3.8, 4) is 17.0 Å². The number of carbonyl (C=O) groups is 2. The fourth-order valence-electron chi connectivity index (χ4n) is 3.82. The van der Waals surface area contributed by atoms with Crippen LogP contribution in [-0.4, -0.2) is 59.3 Å². The Labute approximate surface area is 210 Å². The first-order valence-corrected chi connectivity index (χ1v) is 11.4. The van der Waals surface area contributed by atoms with Crippen LogP contribution in [0.1, 0.15) is 15.9 Å². The van der Waals surface area contributed by atoms with Crippen LogP contribution in [0.2, 0.25) is 5.02 Å². The van der Waals surface area contributed by atoms with E-state index in [1.165, 1.54) is 29.1 Å². The lowest BCUT2D eigenvalue weighted by atomic mass is 10.1. The van der Waals surface area contributed by atoms with Crippen LogP contribution in [0.25, 0.3) is 11.3 Å². The van der Waals surface area contributed by atoms with E-state index >= 15 is 0 Å². The maximum absolute atomic E-state index is 13.0. The number of carbonyl (C=O) groups excluding carboxylic acids is 2. The van der Waals surface area contributed by atoms with E-state index in [-0.39, 0.29) is 18.1 Å². The van der Waals surface area contributed by atoms with Crippen molar-refractivity contribution < 1.29 is 27.5 Å². The maximum atomic E-state index is 13.0. The quantitative estimate of drug-likeness (QED) is 0.515. The summed E-state index contributed by atoms with van der Waals surface area (Å²) >= 11 is 6.34. The molecule has 0 bridgehead atoms. The van der Waals surface area contributed by atoms with E-state index in [1.807, 2.05) is 0 Å². The molecule has 1 saturated heterocycles. The second-order valence-corrected chi connectivity index (χ2v) is 8.54. The smallest absolute Gasteiger partial charge is 0.416 e. The van der Waals surface area contributed by atoms with Crippen LogP contribution in [0.5, 0.6) is 5.75 Å². The largest absolute Gasteiger partial charge is 0.483 e. The average Bonchev–Trinajstić information content (AvgIpc) is 3.20. The SMILES string of the molecule is Cn1ncc(Cl)c1-c1cc(NC(=O)c2cccc(C(F)(F)F)c2)ccc1OCC(=O)N1CCNCC1. The molecule has 0 saturated carbocycles. The number of benzene rings is 2. The highest BCUT2D eigenvalue weighted by atomic mass is 35.5. The van der Waals surface area contributed by atoms with Crippen LogP contribution >= 0.6 is 11.6 Å². The molecule has 2 N–H and O–H groups in total. The van der Waals surface area contributed by atoms with Gasteiger partial charge in [-0.3, -0.25) is 14.3 Å². The first-order valence-electron chi connectivity index (χ1n) is 11.1.